The standard InChI is InChI=1S/C19H37N3O8/c1-18(2,12-23)16(26)17(27)22-7-6-13(24)20-8-9-21-14(25)10-19(3,28)11-15(29-4)30-5/h15-16,23,26,28H,6-12H2,1-5H3,(H,20,24)(H,21,25)(H,22,27)/t16-,19?/m0/s1. The zero-order valence-electron chi connectivity index (χ0n) is 18.5. The van der Waals surface area contributed by atoms with Gasteiger partial charge in [-0.2, -0.15) is 0 Å². The fourth-order valence-electron chi connectivity index (χ4n) is 2.43. The van der Waals surface area contributed by atoms with Crippen molar-refractivity contribution < 1.29 is 39.2 Å². The van der Waals surface area contributed by atoms with Crippen LogP contribution in [0.15, 0.2) is 0 Å². The van der Waals surface area contributed by atoms with Gasteiger partial charge in [-0.3, -0.25) is 14.4 Å². The normalized spacial score (nSPS) is 14.7. The second-order valence-electron chi connectivity index (χ2n) is 8.07. The van der Waals surface area contributed by atoms with Gasteiger partial charge in [0.15, 0.2) is 6.29 Å². The van der Waals surface area contributed by atoms with E-state index < -0.39 is 29.3 Å². The summed E-state index contributed by atoms with van der Waals surface area (Å²) in [5.74, 6) is -1.38. The van der Waals surface area contributed by atoms with Gasteiger partial charge in [0.1, 0.15) is 6.10 Å². The monoisotopic (exact) mass is 435 g/mol. The van der Waals surface area contributed by atoms with E-state index in [4.69, 9.17) is 14.6 Å². The summed E-state index contributed by atoms with van der Waals surface area (Å²) in [6.07, 6.45) is -2.04. The van der Waals surface area contributed by atoms with Gasteiger partial charge in [0.2, 0.25) is 17.7 Å². The Morgan fingerprint density at radius 1 is 0.933 bits per heavy atom. The van der Waals surface area contributed by atoms with Gasteiger partial charge >= 0.3 is 0 Å². The minimum Gasteiger partial charge on any atom is -0.396 e. The van der Waals surface area contributed by atoms with Crippen LogP contribution in [0.5, 0.6) is 0 Å². The van der Waals surface area contributed by atoms with Crippen molar-refractivity contribution in [2.75, 3.05) is 40.5 Å². The number of carbonyl (C=O) groups excluding carboxylic acids is 3. The average molecular weight is 436 g/mol. The summed E-state index contributed by atoms with van der Waals surface area (Å²) in [7, 11) is 2.88. The minimum absolute atomic E-state index is 0.00387. The van der Waals surface area contributed by atoms with Crippen LogP contribution in [0.25, 0.3) is 0 Å². The molecule has 0 heterocycles. The molecule has 0 saturated heterocycles. The Kier molecular flexibility index (Phi) is 12.7. The first-order valence-corrected chi connectivity index (χ1v) is 9.76. The molecule has 0 aliphatic carbocycles. The zero-order valence-corrected chi connectivity index (χ0v) is 18.5. The van der Waals surface area contributed by atoms with Crippen molar-refractivity contribution in [2.45, 2.75) is 58.0 Å². The fraction of sp³-hybridized carbons (Fsp3) is 0.842. The lowest BCUT2D eigenvalue weighted by Gasteiger charge is -2.27. The van der Waals surface area contributed by atoms with Gasteiger partial charge in [-0.1, -0.05) is 13.8 Å². The van der Waals surface area contributed by atoms with Crippen molar-refractivity contribution in [3.63, 3.8) is 0 Å². The number of amides is 3. The fourth-order valence-corrected chi connectivity index (χ4v) is 2.43. The van der Waals surface area contributed by atoms with Gasteiger partial charge < -0.3 is 40.7 Å². The van der Waals surface area contributed by atoms with E-state index in [-0.39, 0.29) is 57.3 Å². The van der Waals surface area contributed by atoms with Crippen molar-refractivity contribution in [1.29, 1.82) is 0 Å². The highest BCUT2D eigenvalue weighted by Crippen LogP contribution is 2.19. The third-order valence-electron chi connectivity index (χ3n) is 4.49. The van der Waals surface area contributed by atoms with Crippen molar-refractivity contribution in [3.8, 4) is 0 Å². The zero-order chi connectivity index (χ0) is 23.4. The SMILES string of the molecule is COC(CC(C)(O)CC(=O)NCCNC(=O)CCNC(=O)[C@H](O)C(C)(C)CO)OC. The molecular weight excluding hydrogens is 398 g/mol. The summed E-state index contributed by atoms with van der Waals surface area (Å²) >= 11 is 0. The second kappa shape index (κ2) is 13.5. The maximum absolute atomic E-state index is 11.9. The maximum atomic E-state index is 11.9. The summed E-state index contributed by atoms with van der Waals surface area (Å²) in [5, 5.41) is 36.9. The molecule has 6 N–H and O–H groups in total. The maximum Gasteiger partial charge on any atom is 0.249 e. The van der Waals surface area contributed by atoms with Crippen LogP contribution in [0.3, 0.4) is 0 Å². The summed E-state index contributed by atoms with van der Waals surface area (Å²) in [6.45, 7) is 4.62. The van der Waals surface area contributed by atoms with Gasteiger partial charge in [0.25, 0.3) is 0 Å². The minimum atomic E-state index is -1.39. The number of aliphatic hydroxyl groups excluding tert-OH is 2. The van der Waals surface area contributed by atoms with Gasteiger partial charge in [-0.15, -0.1) is 0 Å². The molecule has 0 rings (SSSR count). The molecule has 0 bridgehead atoms. The predicted molar refractivity (Wildman–Crippen MR) is 108 cm³/mol. The molecule has 0 aliphatic heterocycles. The van der Waals surface area contributed by atoms with Crippen molar-refractivity contribution in [3.05, 3.63) is 0 Å². The topological polar surface area (TPSA) is 166 Å². The van der Waals surface area contributed by atoms with E-state index in [1.807, 2.05) is 0 Å². The number of aliphatic hydroxyl groups is 3. The molecule has 176 valence electrons. The molecule has 0 fully saturated rings. The Labute approximate surface area is 177 Å². The summed E-state index contributed by atoms with van der Waals surface area (Å²) < 4.78 is 10.0. The molecule has 3 amide bonds. The van der Waals surface area contributed by atoms with Gasteiger partial charge in [-0.05, 0) is 6.92 Å². The molecule has 11 heteroatoms. The summed E-state index contributed by atoms with van der Waals surface area (Å²) in [5.41, 5.74) is -2.29. The highest BCUT2D eigenvalue weighted by molar-refractivity contribution is 5.82. The lowest BCUT2D eigenvalue weighted by molar-refractivity contribution is -0.147. The lowest BCUT2D eigenvalue weighted by atomic mass is 9.87. The Morgan fingerprint density at radius 3 is 1.97 bits per heavy atom. The number of carbonyl (C=O) groups is 3. The molecular formula is C19H37N3O8. The van der Waals surface area contributed by atoms with Crippen LogP contribution >= 0.6 is 0 Å². The van der Waals surface area contributed by atoms with E-state index in [1.54, 1.807) is 13.8 Å². The van der Waals surface area contributed by atoms with E-state index in [0.29, 0.717) is 0 Å². The molecule has 11 nitrogen and oxygen atoms in total. The lowest BCUT2D eigenvalue weighted by Crippen LogP contribution is -2.46. The Hall–Kier alpha value is -1.79. The number of hydrogen-bond donors (Lipinski definition) is 6. The molecule has 30 heavy (non-hydrogen) atoms. The highest BCUT2D eigenvalue weighted by Gasteiger charge is 2.32. The first kappa shape index (κ1) is 28.2. The Morgan fingerprint density at radius 2 is 1.47 bits per heavy atom. The molecule has 0 aromatic carbocycles. The third-order valence-corrected chi connectivity index (χ3v) is 4.49. The van der Waals surface area contributed by atoms with Crippen molar-refractivity contribution in [2.24, 2.45) is 5.41 Å². The summed E-state index contributed by atoms with van der Waals surface area (Å²) in [4.78, 5) is 35.5. The van der Waals surface area contributed by atoms with Crippen LogP contribution in [0.2, 0.25) is 0 Å². The number of nitrogens with one attached hydrogen (secondary N) is 3. The van der Waals surface area contributed by atoms with E-state index in [1.165, 1.54) is 21.1 Å². The average Bonchev–Trinajstić information content (AvgIpc) is 2.68. The second-order valence-corrected chi connectivity index (χ2v) is 8.07. The van der Waals surface area contributed by atoms with Crippen molar-refractivity contribution >= 4 is 17.7 Å². The first-order valence-electron chi connectivity index (χ1n) is 9.76. The van der Waals surface area contributed by atoms with Gasteiger partial charge in [0.05, 0.1) is 18.6 Å². The molecule has 0 radical (unpaired) electrons. The largest absolute Gasteiger partial charge is 0.396 e. The predicted octanol–water partition coefficient (Wildman–Crippen LogP) is -1.75. The van der Waals surface area contributed by atoms with E-state index >= 15 is 0 Å². The molecule has 0 aliphatic rings. The van der Waals surface area contributed by atoms with E-state index in [2.05, 4.69) is 16.0 Å². The van der Waals surface area contributed by atoms with Crippen LogP contribution in [0.4, 0.5) is 0 Å². The van der Waals surface area contributed by atoms with Crippen LogP contribution in [-0.2, 0) is 23.9 Å². The molecule has 0 aromatic rings. The highest BCUT2D eigenvalue weighted by atomic mass is 16.7. The number of ether oxygens (including phenoxy) is 2. The number of rotatable bonds is 15. The van der Waals surface area contributed by atoms with Gasteiger partial charge in [-0.25, -0.2) is 0 Å². The van der Waals surface area contributed by atoms with Crippen molar-refractivity contribution in [1.82, 2.24) is 16.0 Å². The molecule has 0 spiro atoms. The molecule has 1 unspecified atom stereocenters. The molecule has 0 saturated carbocycles. The third kappa shape index (κ3) is 11.4. The first-order chi connectivity index (χ1) is 13.9. The number of hydrogen-bond acceptors (Lipinski definition) is 8. The van der Waals surface area contributed by atoms with Crippen LogP contribution in [0, 0.1) is 5.41 Å². The van der Waals surface area contributed by atoms with Crippen LogP contribution in [0.1, 0.15) is 40.0 Å². The van der Waals surface area contributed by atoms with E-state index in [0.717, 1.165) is 0 Å². The Balaban J connectivity index is 4.04. The van der Waals surface area contributed by atoms with E-state index in [9.17, 15) is 24.6 Å². The molecule has 2 atom stereocenters. The summed E-state index contributed by atoms with van der Waals surface area (Å²) in [6, 6.07) is 0. The van der Waals surface area contributed by atoms with Crippen LogP contribution in [-0.4, -0.2) is 91.5 Å². The smallest absolute Gasteiger partial charge is 0.249 e. The quantitative estimate of drug-likeness (QED) is 0.130. The van der Waals surface area contributed by atoms with Crippen LogP contribution < -0.4 is 16.0 Å². The molecule has 0 aromatic heterocycles. The Bertz CT molecular complexity index is 550. The number of methoxy groups -OCH3 is 2. The van der Waals surface area contributed by atoms with Gasteiger partial charge in [0, 0.05) is 52.1 Å².